The molecule has 138 valence electrons. The van der Waals surface area contributed by atoms with Gasteiger partial charge in [-0.3, -0.25) is 4.79 Å². The molecule has 5 rings (SSSR count). The largest absolute Gasteiger partial charge is 0.440 e. The van der Waals surface area contributed by atoms with Crippen molar-refractivity contribution in [1.82, 2.24) is 14.8 Å². The fourth-order valence-corrected chi connectivity index (χ4v) is 3.87. The zero-order chi connectivity index (χ0) is 18.4. The molecule has 0 bridgehead atoms. The quantitative estimate of drug-likeness (QED) is 0.711. The summed E-state index contributed by atoms with van der Waals surface area (Å²) in [5.41, 5.74) is 3.40. The van der Waals surface area contributed by atoms with E-state index in [0.717, 1.165) is 43.9 Å². The molecule has 2 aromatic carbocycles. The van der Waals surface area contributed by atoms with Crippen molar-refractivity contribution in [3.05, 3.63) is 65.5 Å². The normalized spacial score (nSPS) is 20.9. The highest BCUT2D eigenvalue weighted by atomic mass is 16.3. The van der Waals surface area contributed by atoms with Crippen LogP contribution in [0.25, 0.3) is 11.1 Å². The Hall–Kier alpha value is -2.66. The zero-order valence-corrected chi connectivity index (χ0v) is 15.5. The summed E-state index contributed by atoms with van der Waals surface area (Å²) in [6, 6.07) is 16.0. The second-order valence-corrected chi connectivity index (χ2v) is 7.70. The third kappa shape index (κ3) is 3.12. The van der Waals surface area contributed by atoms with Crippen molar-refractivity contribution in [2.75, 3.05) is 26.7 Å². The Bertz CT molecular complexity index is 978. The predicted octanol–water partition coefficient (Wildman–Crippen LogP) is 3.83. The van der Waals surface area contributed by atoms with Crippen molar-refractivity contribution < 1.29 is 9.21 Å². The summed E-state index contributed by atoms with van der Waals surface area (Å²) in [5.74, 6) is 1.34. The fraction of sp³-hybridized carbons (Fsp3) is 0.364. The van der Waals surface area contributed by atoms with E-state index in [1.54, 1.807) is 0 Å². The maximum absolute atomic E-state index is 13.3. The molecule has 0 spiro atoms. The lowest BCUT2D eigenvalue weighted by atomic mass is 10.0. The Morgan fingerprint density at radius 1 is 1.11 bits per heavy atom. The Balaban J connectivity index is 1.46. The van der Waals surface area contributed by atoms with E-state index in [-0.39, 0.29) is 11.9 Å². The Kier molecular flexibility index (Phi) is 3.97. The molecule has 1 aliphatic carbocycles. The molecule has 5 heteroatoms. The molecule has 1 saturated heterocycles. The summed E-state index contributed by atoms with van der Waals surface area (Å²) in [4.78, 5) is 22.2. The second kappa shape index (κ2) is 6.50. The average molecular weight is 361 g/mol. The molecule has 1 aromatic heterocycles. The molecule has 1 atom stereocenters. The van der Waals surface area contributed by atoms with Gasteiger partial charge in [-0.2, -0.15) is 0 Å². The van der Waals surface area contributed by atoms with Gasteiger partial charge in [0.2, 0.25) is 0 Å². The van der Waals surface area contributed by atoms with E-state index in [9.17, 15) is 4.79 Å². The lowest BCUT2D eigenvalue weighted by molar-refractivity contribution is 0.0498. The molecule has 3 aromatic rings. The van der Waals surface area contributed by atoms with Crippen LogP contribution >= 0.6 is 0 Å². The number of amides is 1. The van der Waals surface area contributed by atoms with Gasteiger partial charge in [0.05, 0.1) is 6.04 Å². The van der Waals surface area contributed by atoms with E-state index < -0.39 is 0 Å². The van der Waals surface area contributed by atoms with Crippen LogP contribution < -0.4 is 0 Å². The van der Waals surface area contributed by atoms with Crippen molar-refractivity contribution in [1.29, 1.82) is 0 Å². The number of fused-ring (bicyclic) bond motifs is 1. The van der Waals surface area contributed by atoms with E-state index in [1.165, 1.54) is 5.56 Å². The molecular formula is C22H23N3O2. The standard InChI is InChI=1S/C22H23N3O2/c1-24-11-12-25(19(14-24)15-5-3-2-4-6-15)22(26)17-9-10-18-20(13-17)27-21(23-18)16-7-8-16/h2-6,9-10,13,16,19H,7-8,11-12,14H2,1H3/t19-/m1/s1. The van der Waals surface area contributed by atoms with Gasteiger partial charge in [-0.15, -0.1) is 0 Å². The molecule has 27 heavy (non-hydrogen) atoms. The lowest BCUT2D eigenvalue weighted by Gasteiger charge is -2.40. The summed E-state index contributed by atoms with van der Waals surface area (Å²) in [6.07, 6.45) is 2.30. The monoisotopic (exact) mass is 361 g/mol. The van der Waals surface area contributed by atoms with Crippen LogP contribution in [-0.4, -0.2) is 47.4 Å². The van der Waals surface area contributed by atoms with Gasteiger partial charge in [0.1, 0.15) is 5.52 Å². The first-order valence-corrected chi connectivity index (χ1v) is 9.64. The first-order chi connectivity index (χ1) is 13.2. The van der Waals surface area contributed by atoms with Gasteiger partial charge in [-0.25, -0.2) is 4.98 Å². The number of rotatable bonds is 3. The minimum atomic E-state index is 0.0585. The van der Waals surface area contributed by atoms with Crippen molar-refractivity contribution in [2.24, 2.45) is 0 Å². The van der Waals surface area contributed by atoms with Crippen molar-refractivity contribution in [3.63, 3.8) is 0 Å². The van der Waals surface area contributed by atoms with Crippen LogP contribution in [0.15, 0.2) is 52.9 Å². The molecule has 1 amide bonds. The summed E-state index contributed by atoms with van der Waals surface area (Å²) in [5, 5.41) is 0. The van der Waals surface area contributed by atoms with Gasteiger partial charge in [0.25, 0.3) is 5.91 Å². The molecule has 1 aliphatic heterocycles. The van der Waals surface area contributed by atoms with Crippen LogP contribution in [0.4, 0.5) is 0 Å². The third-order valence-corrected chi connectivity index (χ3v) is 5.61. The molecule has 2 aliphatic rings. The molecule has 5 nitrogen and oxygen atoms in total. The second-order valence-electron chi connectivity index (χ2n) is 7.70. The maximum atomic E-state index is 13.3. The zero-order valence-electron chi connectivity index (χ0n) is 15.5. The first-order valence-electron chi connectivity index (χ1n) is 9.64. The van der Waals surface area contributed by atoms with Crippen molar-refractivity contribution >= 4 is 17.0 Å². The number of aromatic nitrogens is 1. The number of oxazole rings is 1. The smallest absolute Gasteiger partial charge is 0.254 e. The average Bonchev–Trinajstić information content (AvgIpc) is 3.47. The number of piperazine rings is 1. The van der Waals surface area contributed by atoms with Crippen LogP contribution in [0, 0.1) is 0 Å². The maximum Gasteiger partial charge on any atom is 0.254 e. The Labute approximate surface area is 158 Å². The van der Waals surface area contributed by atoms with E-state index in [2.05, 4.69) is 29.1 Å². The highest BCUT2D eigenvalue weighted by Crippen LogP contribution is 2.40. The minimum absolute atomic E-state index is 0.0585. The number of hydrogen-bond donors (Lipinski definition) is 0. The molecule has 0 N–H and O–H groups in total. The number of likely N-dealkylation sites (N-methyl/N-ethyl adjacent to an activating group) is 1. The number of carbonyl (C=O) groups excluding carboxylic acids is 1. The van der Waals surface area contributed by atoms with Crippen molar-refractivity contribution in [3.8, 4) is 0 Å². The number of benzene rings is 2. The van der Waals surface area contributed by atoms with Gasteiger partial charge in [-0.1, -0.05) is 30.3 Å². The van der Waals surface area contributed by atoms with Gasteiger partial charge < -0.3 is 14.2 Å². The van der Waals surface area contributed by atoms with Crippen LogP contribution in [0.5, 0.6) is 0 Å². The van der Waals surface area contributed by atoms with Gasteiger partial charge >= 0.3 is 0 Å². The Morgan fingerprint density at radius 2 is 1.93 bits per heavy atom. The van der Waals surface area contributed by atoms with E-state index in [1.807, 2.05) is 41.3 Å². The van der Waals surface area contributed by atoms with Crippen LogP contribution in [0.2, 0.25) is 0 Å². The highest BCUT2D eigenvalue weighted by Gasteiger charge is 2.32. The molecule has 0 unspecified atom stereocenters. The van der Waals surface area contributed by atoms with E-state index in [4.69, 9.17) is 4.42 Å². The predicted molar refractivity (Wildman–Crippen MR) is 104 cm³/mol. The molecule has 1 saturated carbocycles. The van der Waals surface area contributed by atoms with E-state index in [0.29, 0.717) is 17.1 Å². The SMILES string of the molecule is CN1CCN(C(=O)c2ccc3nc(C4CC4)oc3c2)[C@@H](c2ccccc2)C1. The molecule has 2 heterocycles. The summed E-state index contributed by atoms with van der Waals surface area (Å²) in [6.45, 7) is 2.44. The van der Waals surface area contributed by atoms with Crippen LogP contribution in [-0.2, 0) is 0 Å². The summed E-state index contributed by atoms with van der Waals surface area (Å²) < 4.78 is 5.91. The molecule has 0 radical (unpaired) electrons. The highest BCUT2D eigenvalue weighted by molar-refractivity contribution is 5.97. The van der Waals surface area contributed by atoms with Gasteiger partial charge in [-0.05, 0) is 43.7 Å². The number of carbonyl (C=O) groups is 1. The summed E-state index contributed by atoms with van der Waals surface area (Å²) in [7, 11) is 2.11. The fourth-order valence-electron chi connectivity index (χ4n) is 3.87. The number of hydrogen-bond acceptors (Lipinski definition) is 4. The van der Waals surface area contributed by atoms with Crippen LogP contribution in [0.1, 0.15) is 46.6 Å². The number of nitrogens with zero attached hydrogens (tertiary/aromatic N) is 3. The third-order valence-electron chi connectivity index (χ3n) is 5.61. The molecular weight excluding hydrogens is 338 g/mol. The Morgan fingerprint density at radius 3 is 2.70 bits per heavy atom. The van der Waals surface area contributed by atoms with Gasteiger partial charge in [0.15, 0.2) is 11.5 Å². The van der Waals surface area contributed by atoms with E-state index >= 15 is 0 Å². The first kappa shape index (κ1) is 16.5. The van der Waals surface area contributed by atoms with Gasteiger partial charge in [0, 0.05) is 31.1 Å². The topological polar surface area (TPSA) is 49.6 Å². The lowest BCUT2D eigenvalue weighted by Crippen LogP contribution is -2.49. The van der Waals surface area contributed by atoms with Crippen molar-refractivity contribution in [2.45, 2.75) is 24.8 Å². The summed E-state index contributed by atoms with van der Waals surface area (Å²) >= 11 is 0. The minimum Gasteiger partial charge on any atom is -0.440 e. The van der Waals surface area contributed by atoms with Crippen LogP contribution in [0.3, 0.4) is 0 Å². The molecule has 2 fully saturated rings.